The quantitative estimate of drug-likeness (QED) is 0.571. The fourth-order valence-electron chi connectivity index (χ4n) is 4.60. The van der Waals surface area contributed by atoms with Crippen LogP contribution in [0, 0.1) is 0 Å². The number of hydrogen-bond acceptors (Lipinski definition) is 5. The third kappa shape index (κ3) is 5.50. The van der Waals surface area contributed by atoms with Crippen LogP contribution in [-0.2, 0) is 14.3 Å². The Balaban J connectivity index is 1.39. The molecule has 174 valence electrons. The minimum atomic E-state index is -1.19. The number of amides is 2. The van der Waals surface area contributed by atoms with Crippen molar-refractivity contribution in [3.05, 3.63) is 59.7 Å². The largest absolute Gasteiger partial charge is 0.481 e. The first-order valence-corrected chi connectivity index (χ1v) is 12.2. The third-order valence-corrected chi connectivity index (χ3v) is 7.40. The van der Waals surface area contributed by atoms with E-state index in [1.165, 1.54) is 0 Å². The lowest BCUT2D eigenvalue weighted by atomic mass is 9.98. The maximum Gasteiger partial charge on any atom is 0.407 e. The maximum absolute atomic E-state index is 12.7. The number of hydrogen-bond donors (Lipinski definition) is 3. The van der Waals surface area contributed by atoms with Crippen LogP contribution >= 0.6 is 11.8 Å². The lowest BCUT2D eigenvalue weighted by Crippen LogP contribution is -2.51. The van der Waals surface area contributed by atoms with Gasteiger partial charge in [-0.15, -0.1) is 0 Å². The molecule has 0 bridgehead atoms. The van der Waals surface area contributed by atoms with Crippen molar-refractivity contribution in [1.29, 1.82) is 0 Å². The number of carbonyl (C=O) groups is 3. The molecule has 2 aliphatic rings. The minimum Gasteiger partial charge on any atom is -0.481 e. The number of rotatable bonds is 7. The molecule has 33 heavy (non-hydrogen) atoms. The highest BCUT2D eigenvalue weighted by Gasteiger charge is 2.31. The molecule has 4 rings (SSSR count). The summed E-state index contributed by atoms with van der Waals surface area (Å²) >= 11 is 1.85. The Morgan fingerprint density at radius 1 is 1.09 bits per heavy atom. The van der Waals surface area contributed by atoms with Gasteiger partial charge in [-0.1, -0.05) is 55.5 Å². The van der Waals surface area contributed by atoms with Gasteiger partial charge in [0.05, 0.1) is 6.42 Å². The van der Waals surface area contributed by atoms with Gasteiger partial charge in [0.25, 0.3) is 0 Å². The van der Waals surface area contributed by atoms with E-state index in [-0.39, 0.29) is 18.6 Å². The van der Waals surface area contributed by atoms with Gasteiger partial charge < -0.3 is 20.5 Å². The fraction of sp³-hybridized carbons (Fsp3) is 0.400. The lowest BCUT2D eigenvalue weighted by molar-refractivity contribution is -0.140. The van der Waals surface area contributed by atoms with Crippen LogP contribution in [0.5, 0.6) is 0 Å². The van der Waals surface area contributed by atoms with E-state index in [9.17, 15) is 19.5 Å². The number of benzene rings is 2. The number of aliphatic carboxylic acids is 1. The van der Waals surface area contributed by atoms with Gasteiger partial charge in [0.2, 0.25) is 5.91 Å². The van der Waals surface area contributed by atoms with E-state index in [0.29, 0.717) is 5.25 Å². The number of fused-ring (bicyclic) bond motifs is 3. The van der Waals surface area contributed by atoms with Crippen LogP contribution in [0.4, 0.5) is 4.79 Å². The second-order valence-corrected chi connectivity index (χ2v) is 10.1. The lowest BCUT2D eigenvalue weighted by Gasteiger charge is -2.28. The van der Waals surface area contributed by atoms with Gasteiger partial charge in [0.15, 0.2) is 0 Å². The average Bonchev–Trinajstić information content (AvgIpc) is 3.11. The van der Waals surface area contributed by atoms with Crippen molar-refractivity contribution < 1.29 is 24.2 Å². The Bertz CT molecular complexity index is 997. The second-order valence-electron chi connectivity index (χ2n) is 8.53. The number of ether oxygens (including phenoxy) is 1. The normalized spacial score (nSPS) is 20.3. The van der Waals surface area contributed by atoms with E-state index in [1.54, 1.807) is 0 Å². The van der Waals surface area contributed by atoms with Gasteiger partial charge in [0, 0.05) is 17.2 Å². The summed E-state index contributed by atoms with van der Waals surface area (Å²) in [7, 11) is 0. The monoisotopic (exact) mass is 468 g/mol. The van der Waals surface area contributed by atoms with Crippen LogP contribution < -0.4 is 10.6 Å². The molecular weight excluding hydrogens is 440 g/mol. The molecule has 3 atom stereocenters. The molecule has 0 saturated carbocycles. The van der Waals surface area contributed by atoms with Crippen molar-refractivity contribution in [3.8, 4) is 11.1 Å². The van der Waals surface area contributed by atoms with E-state index in [0.717, 1.165) is 40.8 Å². The summed E-state index contributed by atoms with van der Waals surface area (Å²) in [5.41, 5.74) is 4.39. The van der Waals surface area contributed by atoms with E-state index in [2.05, 4.69) is 17.6 Å². The van der Waals surface area contributed by atoms with Gasteiger partial charge in [-0.25, -0.2) is 4.79 Å². The summed E-state index contributed by atoms with van der Waals surface area (Å²) < 4.78 is 5.48. The average molecular weight is 469 g/mol. The molecule has 1 aliphatic heterocycles. The molecule has 3 N–H and O–H groups in total. The summed E-state index contributed by atoms with van der Waals surface area (Å²) in [5, 5.41) is 15.0. The summed E-state index contributed by atoms with van der Waals surface area (Å²) in [5.74, 6) is -0.831. The Morgan fingerprint density at radius 3 is 2.33 bits per heavy atom. The second kappa shape index (κ2) is 10.3. The molecule has 7 nitrogen and oxygen atoms in total. The van der Waals surface area contributed by atoms with E-state index >= 15 is 0 Å². The van der Waals surface area contributed by atoms with Crippen molar-refractivity contribution >= 4 is 29.7 Å². The van der Waals surface area contributed by atoms with Crippen LogP contribution in [0.3, 0.4) is 0 Å². The SMILES string of the molecule is CC1CC(NC(=O)C(CC(=O)O)NC(=O)OCC2c3ccccc3-c3ccccc32)CCS1. The molecule has 0 radical (unpaired) electrons. The van der Waals surface area contributed by atoms with Crippen LogP contribution in [0.25, 0.3) is 11.1 Å². The number of carboxylic acids is 1. The molecule has 3 unspecified atom stereocenters. The molecule has 1 fully saturated rings. The molecule has 8 heteroatoms. The zero-order chi connectivity index (χ0) is 23.4. The Hall–Kier alpha value is -3.00. The zero-order valence-corrected chi connectivity index (χ0v) is 19.3. The fourth-order valence-corrected chi connectivity index (χ4v) is 5.79. The highest BCUT2D eigenvalue weighted by atomic mass is 32.2. The van der Waals surface area contributed by atoms with E-state index in [4.69, 9.17) is 4.74 Å². The van der Waals surface area contributed by atoms with Crippen molar-refractivity contribution in [3.63, 3.8) is 0 Å². The summed E-state index contributed by atoms with van der Waals surface area (Å²) in [6.45, 7) is 2.20. The van der Waals surface area contributed by atoms with Crippen molar-refractivity contribution in [2.24, 2.45) is 0 Å². The highest BCUT2D eigenvalue weighted by Crippen LogP contribution is 2.44. The van der Waals surface area contributed by atoms with Gasteiger partial charge in [-0.05, 0) is 40.8 Å². The molecule has 1 aliphatic carbocycles. The standard InChI is InChI=1S/C25H28N2O5S/c1-15-12-16(10-11-33-15)26-24(30)22(13-23(28)29)27-25(31)32-14-21-19-8-4-2-6-17(19)18-7-3-5-9-20(18)21/h2-9,15-16,21-22H,10-14H2,1H3,(H,26,30)(H,27,31)(H,28,29). The van der Waals surface area contributed by atoms with Gasteiger partial charge in [-0.3, -0.25) is 9.59 Å². The van der Waals surface area contributed by atoms with Gasteiger partial charge in [-0.2, -0.15) is 11.8 Å². The van der Waals surface area contributed by atoms with Crippen molar-refractivity contribution in [2.75, 3.05) is 12.4 Å². The summed E-state index contributed by atoms with van der Waals surface area (Å²) in [6.07, 6.45) is 0.338. The molecule has 1 heterocycles. The van der Waals surface area contributed by atoms with Crippen LogP contribution in [0.15, 0.2) is 48.5 Å². The number of carboxylic acid groups (broad SMARTS) is 1. The van der Waals surface area contributed by atoms with E-state index < -0.39 is 30.4 Å². The first-order valence-electron chi connectivity index (χ1n) is 11.2. The molecule has 1 saturated heterocycles. The first-order chi connectivity index (χ1) is 15.9. The highest BCUT2D eigenvalue weighted by molar-refractivity contribution is 7.99. The third-order valence-electron chi connectivity index (χ3n) is 6.16. The summed E-state index contributed by atoms with van der Waals surface area (Å²) in [6, 6.07) is 14.8. The molecular formula is C25H28N2O5S. The van der Waals surface area contributed by atoms with Crippen LogP contribution in [-0.4, -0.2) is 52.8 Å². The molecule has 2 amide bonds. The van der Waals surface area contributed by atoms with Gasteiger partial charge >= 0.3 is 12.1 Å². The molecule has 2 aromatic carbocycles. The predicted molar refractivity (Wildman–Crippen MR) is 127 cm³/mol. The number of alkyl carbamates (subject to hydrolysis) is 1. The smallest absolute Gasteiger partial charge is 0.407 e. The van der Waals surface area contributed by atoms with Crippen molar-refractivity contribution in [1.82, 2.24) is 10.6 Å². The molecule has 2 aromatic rings. The molecule has 0 spiro atoms. The first kappa shape index (κ1) is 23.2. The number of nitrogens with one attached hydrogen (secondary N) is 2. The Labute approximate surface area is 197 Å². The Morgan fingerprint density at radius 2 is 1.73 bits per heavy atom. The number of carbonyl (C=O) groups excluding carboxylic acids is 2. The van der Waals surface area contributed by atoms with Crippen LogP contribution in [0.1, 0.15) is 43.2 Å². The van der Waals surface area contributed by atoms with Crippen molar-refractivity contribution in [2.45, 2.75) is 49.4 Å². The maximum atomic E-state index is 12.7. The molecule has 0 aromatic heterocycles. The minimum absolute atomic E-state index is 0.0191. The number of thioether (sulfide) groups is 1. The zero-order valence-electron chi connectivity index (χ0n) is 18.5. The summed E-state index contributed by atoms with van der Waals surface area (Å²) in [4.78, 5) is 36.6. The predicted octanol–water partition coefficient (Wildman–Crippen LogP) is 3.77. The van der Waals surface area contributed by atoms with Gasteiger partial charge in [0.1, 0.15) is 12.6 Å². The Kier molecular flexibility index (Phi) is 7.23. The topological polar surface area (TPSA) is 105 Å². The van der Waals surface area contributed by atoms with E-state index in [1.807, 2.05) is 60.3 Å². The van der Waals surface area contributed by atoms with Crippen LogP contribution in [0.2, 0.25) is 0 Å².